The molecule has 272 valence electrons. The number of rotatable bonds is 5. The highest BCUT2D eigenvalue weighted by molar-refractivity contribution is 6.30. The van der Waals surface area contributed by atoms with Crippen LogP contribution in [0.1, 0.15) is 22.9 Å². The molecule has 11 aromatic rings. The maximum atomic E-state index is 5.26. The number of nitrogens with one attached hydrogen (secondary N) is 1. The third-order valence-electron chi connectivity index (χ3n) is 11.8. The van der Waals surface area contributed by atoms with Crippen LogP contribution in [0.5, 0.6) is 0 Å². The second-order valence-corrected chi connectivity index (χ2v) is 15.0. The Hall–Kier alpha value is -7.76. The summed E-state index contributed by atoms with van der Waals surface area (Å²) in [5.41, 5.74) is 10.1. The van der Waals surface area contributed by atoms with Crippen molar-refractivity contribution < 1.29 is 0 Å². The van der Waals surface area contributed by atoms with Crippen LogP contribution < -0.4 is 5.32 Å². The summed E-state index contributed by atoms with van der Waals surface area (Å²) in [6.45, 7) is 0. The van der Waals surface area contributed by atoms with Crippen LogP contribution in [0, 0.1) is 0 Å². The number of benzene rings is 9. The van der Waals surface area contributed by atoms with Gasteiger partial charge in [0.15, 0.2) is 5.84 Å². The molecule has 0 saturated carbocycles. The fourth-order valence-corrected chi connectivity index (χ4v) is 9.23. The van der Waals surface area contributed by atoms with Crippen LogP contribution in [0.4, 0.5) is 0 Å². The molecule has 0 radical (unpaired) electrons. The van der Waals surface area contributed by atoms with Crippen LogP contribution in [0.2, 0.25) is 0 Å². The van der Waals surface area contributed by atoms with Crippen LogP contribution in [0.3, 0.4) is 0 Å². The van der Waals surface area contributed by atoms with E-state index in [2.05, 4.69) is 190 Å². The van der Waals surface area contributed by atoms with E-state index in [-0.39, 0.29) is 6.17 Å². The monoisotopic (exact) mass is 741 g/mol. The third-order valence-corrected chi connectivity index (χ3v) is 11.8. The number of aliphatic imine (C=N–C) groups is 2. The van der Waals surface area contributed by atoms with Gasteiger partial charge in [0.1, 0.15) is 12.0 Å². The Morgan fingerprint density at radius 1 is 0.431 bits per heavy atom. The van der Waals surface area contributed by atoms with Gasteiger partial charge in [-0.1, -0.05) is 164 Å². The Labute approximate surface area is 334 Å². The van der Waals surface area contributed by atoms with Gasteiger partial charge >= 0.3 is 0 Å². The zero-order chi connectivity index (χ0) is 38.2. The molecular weight excluding hydrogens is 707 g/mol. The van der Waals surface area contributed by atoms with Crippen LogP contribution in [-0.2, 0) is 0 Å². The standard InChI is InChI=1S/C53H35N5/c1-4-17-35(18-5-1)51-54-52(36-19-6-2-7-20-36)56-53(55-51)41-27-14-26-40-39(41)25-15-29-44(40)58-45-28-13-12-24-42(45)49-47(58)33-31-43-48-38-23-11-10-16-34(38)30-32-46(48)57(50(43)49)37-21-8-3-9-22-37/h1-33,51H,(H,54,55,56). The molecule has 9 aromatic carbocycles. The van der Waals surface area contributed by atoms with Crippen molar-refractivity contribution in [1.29, 1.82) is 0 Å². The molecule has 0 spiro atoms. The Bertz CT molecular complexity index is 3470. The molecule has 0 fully saturated rings. The fourth-order valence-electron chi connectivity index (χ4n) is 9.23. The van der Waals surface area contributed by atoms with E-state index in [1.807, 2.05) is 24.3 Å². The average Bonchev–Trinajstić information content (AvgIpc) is 3.82. The smallest absolute Gasteiger partial charge is 0.160 e. The Balaban J connectivity index is 1.13. The Kier molecular flexibility index (Phi) is 7.23. The number of para-hydroxylation sites is 2. The van der Waals surface area contributed by atoms with Crippen molar-refractivity contribution in [2.45, 2.75) is 6.17 Å². The lowest BCUT2D eigenvalue weighted by Gasteiger charge is -2.24. The second-order valence-electron chi connectivity index (χ2n) is 15.0. The van der Waals surface area contributed by atoms with Gasteiger partial charge in [0, 0.05) is 43.7 Å². The van der Waals surface area contributed by atoms with Crippen molar-refractivity contribution >= 4 is 76.8 Å². The topological polar surface area (TPSA) is 46.6 Å². The van der Waals surface area contributed by atoms with Crippen molar-refractivity contribution in [3.05, 3.63) is 217 Å². The summed E-state index contributed by atoms with van der Waals surface area (Å²) >= 11 is 0. The van der Waals surface area contributed by atoms with Gasteiger partial charge in [-0.05, 0) is 58.1 Å². The minimum Gasteiger partial charge on any atom is -0.344 e. The van der Waals surface area contributed by atoms with Gasteiger partial charge in [-0.2, -0.15) is 0 Å². The molecule has 5 nitrogen and oxygen atoms in total. The predicted octanol–water partition coefficient (Wildman–Crippen LogP) is 12.7. The van der Waals surface area contributed by atoms with Gasteiger partial charge in [-0.3, -0.25) is 0 Å². The average molecular weight is 742 g/mol. The molecule has 1 N–H and O–H groups in total. The van der Waals surface area contributed by atoms with Crippen molar-refractivity contribution in [2.75, 3.05) is 0 Å². The molecule has 0 saturated heterocycles. The van der Waals surface area contributed by atoms with Gasteiger partial charge in [-0.25, -0.2) is 9.98 Å². The lowest BCUT2D eigenvalue weighted by molar-refractivity contribution is 0.674. The maximum Gasteiger partial charge on any atom is 0.160 e. The molecule has 0 aliphatic carbocycles. The number of amidine groups is 2. The summed E-state index contributed by atoms with van der Waals surface area (Å²) in [5, 5.41) is 13.3. The summed E-state index contributed by atoms with van der Waals surface area (Å²) in [7, 11) is 0. The number of aromatic nitrogens is 2. The van der Waals surface area contributed by atoms with Gasteiger partial charge < -0.3 is 14.5 Å². The molecule has 0 bridgehead atoms. The first-order valence-corrected chi connectivity index (χ1v) is 19.8. The van der Waals surface area contributed by atoms with E-state index in [0.29, 0.717) is 5.84 Å². The summed E-state index contributed by atoms with van der Waals surface area (Å²) in [6, 6.07) is 71.5. The molecule has 1 atom stereocenters. The lowest BCUT2D eigenvalue weighted by Crippen LogP contribution is -2.33. The number of hydrogen-bond acceptors (Lipinski definition) is 3. The first kappa shape index (κ1) is 32.5. The first-order valence-electron chi connectivity index (χ1n) is 19.8. The number of nitrogens with zero attached hydrogens (tertiary/aromatic N) is 4. The molecule has 12 rings (SSSR count). The van der Waals surface area contributed by atoms with E-state index in [9.17, 15) is 0 Å². The highest BCUT2D eigenvalue weighted by Crippen LogP contribution is 2.44. The van der Waals surface area contributed by atoms with E-state index < -0.39 is 0 Å². The third kappa shape index (κ3) is 4.90. The molecule has 5 heteroatoms. The van der Waals surface area contributed by atoms with Crippen molar-refractivity contribution in [3.8, 4) is 11.4 Å². The normalized spacial score (nSPS) is 14.4. The molecule has 3 heterocycles. The van der Waals surface area contributed by atoms with E-state index in [0.717, 1.165) is 55.7 Å². The van der Waals surface area contributed by atoms with Gasteiger partial charge in [0.25, 0.3) is 0 Å². The summed E-state index contributed by atoms with van der Waals surface area (Å²) in [6.07, 6.45) is -0.282. The van der Waals surface area contributed by atoms with Crippen LogP contribution in [0.25, 0.3) is 76.5 Å². The molecule has 0 amide bonds. The summed E-state index contributed by atoms with van der Waals surface area (Å²) in [5.74, 6) is 1.51. The molecule has 1 unspecified atom stereocenters. The van der Waals surface area contributed by atoms with E-state index in [4.69, 9.17) is 9.98 Å². The number of fused-ring (bicyclic) bond motifs is 10. The van der Waals surface area contributed by atoms with Gasteiger partial charge in [0.05, 0.1) is 27.8 Å². The fraction of sp³-hybridized carbons (Fsp3) is 0.0189. The Morgan fingerprint density at radius 3 is 1.93 bits per heavy atom. The van der Waals surface area contributed by atoms with Crippen molar-refractivity contribution in [3.63, 3.8) is 0 Å². The van der Waals surface area contributed by atoms with Gasteiger partial charge in [-0.15, -0.1) is 0 Å². The molecule has 1 aliphatic heterocycles. The van der Waals surface area contributed by atoms with E-state index in [1.165, 1.54) is 43.4 Å². The SMILES string of the molecule is c1ccc(C2=NC(c3cccc4c(-n5c6ccccc6c6c5ccc5c7c8ccccc8ccc7n(-c7ccccc7)c56)cccc34)=NC(c3ccccc3)N2)cc1. The summed E-state index contributed by atoms with van der Waals surface area (Å²) in [4.78, 5) is 10.5. The Morgan fingerprint density at radius 2 is 1.09 bits per heavy atom. The lowest BCUT2D eigenvalue weighted by atomic mass is 10.0. The quantitative estimate of drug-likeness (QED) is 0.188. The van der Waals surface area contributed by atoms with Gasteiger partial charge in [0.2, 0.25) is 0 Å². The predicted molar refractivity (Wildman–Crippen MR) is 242 cm³/mol. The highest BCUT2D eigenvalue weighted by atomic mass is 15.2. The van der Waals surface area contributed by atoms with Crippen LogP contribution >= 0.6 is 0 Å². The minimum atomic E-state index is -0.282. The minimum absolute atomic E-state index is 0.282. The molecule has 58 heavy (non-hydrogen) atoms. The largest absolute Gasteiger partial charge is 0.344 e. The molecular formula is C53H35N5. The van der Waals surface area contributed by atoms with E-state index >= 15 is 0 Å². The summed E-state index contributed by atoms with van der Waals surface area (Å²) < 4.78 is 4.93. The second kappa shape index (κ2) is 12.9. The van der Waals surface area contributed by atoms with Crippen molar-refractivity contribution in [1.82, 2.24) is 14.5 Å². The maximum absolute atomic E-state index is 5.26. The van der Waals surface area contributed by atoms with Crippen LogP contribution in [0.15, 0.2) is 210 Å². The van der Waals surface area contributed by atoms with Crippen molar-refractivity contribution in [2.24, 2.45) is 9.98 Å². The van der Waals surface area contributed by atoms with E-state index in [1.54, 1.807) is 0 Å². The molecule has 2 aromatic heterocycles. The molecule has 1 aliphatic rings. The first-order chi connectivity index (χ1) is 28.8. The zero-order valence-electron chi connectivity index (χ0n) is 31.4. The highest BCUT2D eigenvalue weighted by Gasteiger charge is 2.25. The number of hydrogen-bond donors (Lipinski definition) is 1. The van der Waals surface area contributed by atoms with Crippen LogP contribution in [-0.4, -0.2) is 20.8 Å². The zero-order valence-corrected chi connectivity index (χ0v) is 31.4.